The van der Waals surface area contributed by atoms with E-state index in [0.717, 1.165) is 11.4 Å². The number of anilines is 1. The number of hydrogen-bond acceptors (Lipinski definition) is 7. The first-order valence-corrected chi connectivity index (χ1v) is 11.3. The maximum Gasteiger partial charge on any atom is 0.331 e. The Balaban J connectivity index is 1.68. The van der Waals surface area contributed by atoms with Crippen LogP contribution in [0.5, 0.6) is 17.2 Å². The maximum atomic E-state index is 12.6. The second-order valence-corrected chi connectivity index (χ2v) is 8.85. The largest absolute Gasteiger partial charge is 0.496 e. The summed E-state index contributed by atoms with van der Waals surface area (Å²) in [6.07, 6.45) is 2.73. The van der Waals surface area contributed by atoms with Gasteiger partial charge < -0.3 is 24.3 Å². The third-order valence-electron chi connectivity index (χ3n) is 5.23. The van der Waals surface area contributed by atoms with Crippen LogP contribution in [0.15, 0.2) is 54.6 Å². The lowest BCUT2D eigenvalue weighted by Gasteiger charge is -2.14. The molecular formula is C27H31N3O6. The Bertz CT molecular complexity index is 1240. The van der Waals surface area contributed by atoms with E-state index in [1.807, 2.05) is 57.2 Å². The molecule has 0 bridgehead atoms. The number of carbonyl (C=O) groups excluding carboxylic acids is 2. The van der Waals surface area contributed by atoms with Gasteiger partial charge in [0.25, 0.3) is 5.91 Å². The summed E-state index contributed by atoms with van der Waals surface area (Å²) in [6.45, 7) is 5.66. The monoisotopic (exact) mass is 493 g/mol. The Morgan fingerprint density at radius 2 is 1.58 bits per heavy atom. The molecular weight excluding hydrogens is 462 g/mol. The second kappa shape index (κ2) is 11.4. The van der Waals surface area contributed by atoms with Crippen molar-refractivity contribution < 1.29 is 28.5 Å². The molecule has 0 fully saturated rings. The normalized spacial score (nSPS) is 11.3. The molecule has 0 unspecified atom stereocenters. The molecule has 0 aliphatic rings. The molecule has 36 heavy (non-hydrogen) atoms. The summed E-state index contributed by atoms with van der Waals surface area (Å²) >= 11 is 0. The van der Waals surface area contributed by atoms with Gasteiger partial charge in [0.1, 0.15) is 11.6 Å². The van der Waals surface area contributed by atoms with E-state index in [2.05, 4.69) is 10.4 Å². The number of amides is 1. The summed E-state index contributed by atoms with van der Waals surface area (Å²) in [5.74, 6) is 0.772. The van der Waals surface area contributed by atoms with Crippen molar-refractivity contribution in [2.24, 2.45) is 0 Å². The Hall–Kier alpha value is -4.27. The molecule has 3 aromatic rings. The number of benzene rings is 2. The first-order valence-electron chi connectivity index (χ1n) is 11.3. The van der Waals surface area contributed by atoms with Crippen LogP contribution in [-0.2, 0) is 19.7 Å². The average Bonchev–Trinajstić information content (AvgIpc) is 3.30. The molecule has 3 rings (SSSR count). The number of nitrogens with zero attached hydrogens (tertiary/aromatic N) is 2. The van der Waals surface area contributed by atoms with E-state index in [4.69, 9.17) is 18.9 Å². The van der Waals surface area contributed by atoms with Gasteiger partial charge in [-0.2, -0.15) is 5.10 Å². The molecule has 1 amide bonds. The fourth-order valence-corrected chi connectivity index (χ4v) is 3.31. The minimum Gasteiger partial charge on any atom is -0.496 e. The van der Waals surface area contributed by atoms with Gasteiger partial charge in [0, 0.05) is 29.2 Å². The number of rotatable bonds is 9. The van der Waals surface area contributed by atoms with E-state index < -0.39 is 18.5 Å². The summed E-state index contributed by atoms with van der Waals surface area (Å²) in [4.78, 5) is 24.9. The first-order chi connectivity index (χ1) is 17.2. The van der Waals surface area contributed by atoms with E-state index in [1.54, 1.807) is 16.8 Å². The Morgan fingerprint density at radius 3 is 2.19 bits per heavy atom. The lowest BCUT2D eigenvalue weighted by molar-refractivity contribution is -0.142. The van der Waals surface area contributed by atoms with Crippen molar-refractivity contribution in [1.82, 2.24) is 9.78 Å². The van der Waals surface area contributed by atoms with Gasteiger partial charge in [0.05, 0.1) is 32.7 Å². The van der Waals surface area contributed by atoms with E-state index in [0.29, 0.717) is 28.6 Å². The van der Waals surface area contributed by atoms with E-state index >= 15 is 0 Å². The highest BCUT2D eigenvalue weighted by Gasteiger charge is 2.21. The third kappa shape index (κ3) is 6.44. The number of methoxy groups -OCH3 is 3. The van der Waals surface area contributed by atoms with Crippen LogP contribution in [0.1, 0.15) is 32.0 Å². The van der Waals surface area contributed by atoms with Crippen molar-refractivity contribution in [3.05, 3.63) is 65.9 Å². The zero-order chi connectivity index (χ0) is 26.3. The molecule has 0 saturated heterocycles. The molecule has 0 radical (unpaired) electrons. The number of para-hydroxylation sites is 1. The minimum atomic E-state index is -0.686. The average molecular weight is 494 g/mol. The van der Waals surface area contributed by atoms with Crippen molar-refractivity contribution in [2.45, 2.75) is 26.2 Å². The van der Waals surface area contributed by atoms with E-state index in [1.165, 1.54) is 33.5 Å². The summed E-state index contributed by atoms with van der Waals surface area (Å²) in [5.41, 5.74) is 1.97. The topological polar surface area (TPSA) is 101 Å². The highest BCUT2D eigenvalue weighted by atomic mass is 16.5. The second-order valence-electron chi connectivity index (χ2n) is 8.85. The van der Waals surface area contributed by atoms with Crippen molar-refractivity contribution in [3.8, 4) is 22.9 Å². The quantitative estimate of drug-likeness (QED) is 0.348. The molecule has 0 saturated carbocycles. The Morgan fingerprint density at radius 1 is 0.944 bits per heavy atom. The summed E-state index contributed by atoms with van der Waals surface area (Å²) in [7, 11) is 4.54. The van der Waals surface area contributed by atoms with E-state index in [-0.39, 0.29) is 5.41 Å². The standard InChI is InChI=1S/C27H31N3O6/c1-27(2,3)23-16-24(30(29-23)19-10-8-7-9-11-19)28-25(31)17-36-26(32)13-12-18-14-21(34-5)22(35-6)15-20(18)33-4/h7-16H,17H2,1-6H3,(H,28,31)/b13-12+. The molecule has 9 heteroatoms. The van der Waals surface area contributed by atoms with Gasteiger partial charge in [-0.05, 0) is 24.3 Å². The molecule has 0 spiro atoms. The predicted octanol–water partition coefficient (Wildman–Crippen LogP) is 4.39. The van der Waals surface area contributed by atoms with Crippen LogP contribution in [0, 0.1) is 0 Å². The summed E-state index contributed by atoms with van der Waals surface area (Å²) < 4.78 is 22.7. The lowest BCUT2D eigenvalue weighted by atomic mass is 9.92. The Kier molecular flexibility index (Phi) is 8.37. The van der Waals surface area contributed by atoms with Crippen molar-refractivity contribution >= 4 is 23.8 Å². The van der Waals surface area contributed by atoms with Gasteiger partial charge in [0.2, 0.25) is 0 Å². The first kappa shape index (κ1) is 26.3. The molecule has 0 aliphatic carbocycles. The van der Waals surface area contributed by atoms with E-state index in [9.17, 15) is 9.59 Å². The SMILES string of the molecule is COc1cc(OC)c(OC)cc1/C=C/C(=O)OCC(=O)Nc1cc(C(C)(C)C)nn1-c1ccccc1. The predicted molar refractivity (Wildman–Crippen MR) is 137 cm³/mol. The molecule has 190 valence electrons. The van der Waals surface area contributed by atoms with Gasteiger partial charge in [-0.25, -0.2) is 9.48 Å². The lowest BCUT2D eigenvalue weighted by Crippen LogP contribution is -2.21. The molecule has 0 aliphatic heterocycles. The highest BCUT2D eigenvalue weighted by Crippen LogP contribution is 2.35. The van der Waals surface area contributed by atoms with Crippen molar-refractivity contribution in [1.29, 1.82) is 0 Å². The van der Waals surface area contributed by atoms with Crippen LogP contribution in [0.2, 0.25) is 0 Å². The van der Waals surface area contributed by atoms with Crippen LogP contribution in [0.3, 0.4) is 0 Å². The number of nitrogens with one attached hydrogen (secondary N) is 1. The summed E-state index contributed by atoms with van der Waals surface area (Å²) in [6, 6.07) is 14.6. The van der Waals surface area contributed by atoms with Gasteiger partial charge in [-0.15, -0.1) is 0 Å². The van der Waals surface area contributed by atoms with Crippen LogP contribution in [0.25, 0.3) is 11.8 Å². The maximum absolute atomic E-state index is 12.6. The van der Waals surface area contributed by atoms with Crippen LogP contribution in [0.4, 0.5) is 5.82 Å². The van der Waals surface area contributed by atoms with Gasteiger partial charge in [-0.3, -0.25) is 4.79 Å². The number of aromatic nitrogens is 2. The van der Waals surface area contributed by atoms with Crippen LogP contribution < -0.4 is 19.5 Å². The number of carbonyl (C=O) groups is 2. The number of hydrogen-bond donors (Lipinski definition) is 1. The molecule has 1 aromatic heterocycles. The molecule has 1 N–H and O–H groups in total. The van der Waals surface area contributed by atoms with Crippen molar-refractivity contribution in [2.75, 3.05) is 33.3 Å². The number of esters is 1. The minimum absolute atomic E-state index is 0.220. The zero-order valence-corrected chi connectivity index (χ0v) is 21.3. The van der Waals surface area contributed by atoms with Crippen LogP contribution in [-0.4, -0.2) is 49.6 Å². The third-order valence-corrected chi connectivity index (χ3v) is 5.23. The smallest absolute Gasteiger partial charge is 0.331 e. The van der Waals surface area contributed by atoms with Gasteiger partial charge >= 0.3 is 5.97 Å². The molecule has 1 heterocycles. The Labute approximate surface area is 210 Å². The summed E-state index contributed by atoms with van der Waals surface area (Å²) in [5, 5.41) is 7.44. The highest BCUT2D eigenvalue weighted by molar-refractivity contribution is 5.94. The molecule has 2 aromatic carbocycles. The fraction of sp³-hybridized carbons (Fsp3) is 0.296. The van der Waals surface area contributed by atoms with Gasteiger partial charge in [0.15, 0.2) is 18.1 Å². The molecule has 0 atom stereocenters. The fourth-order valence-electron chi connectivity index (χ4n) is 3.31. The number of ether oxygens (including phenoxy) is 4. The van der Waals surface area contributed by atoms with Crippen LogP contribution >= 0.6 is 0 Å². The zero-order valence-electron chi connectivity index (χ0n) is 21.3. The van der Waals surface area contributed by atoms with Crippen molar-refractivity contribution in [3.63, 3.8) is 0 Å². The molecule has 9 nitrogen and oxygen atoms in total. The van der Waals surface area contributed by atoms with Gasteiger partial charge in [-0.1, -0.05) is 39.0 Å².